The van der Waals surface area contributed by atoms with Crippen molar-refractivity contribution in [3.63, 3.8) is 0 Å². The predicted molar refractivity (Wildman–Crippen MR) is 75.0 cm³/mol. The molecule has 0 bridgehead atoms. The van der Waals surface area contributed by atoms with Crippen molar-refractivity contribution in [2.75, 3.05) is 18.4 Å². The van der Waals surface area contributed by atoms with Gasteiger partial charge in [0.15, 0.2) is 0 Å². The van der Waals surface area contributed by atoms with E-state index in [2.05, 4.69) is 17.2 Å². The summed E-state index contributed by atoms with van der Waals surface area (Å²) in [4.78, 5) is 22.9. The van der Waals surface area contributed by atoms with Gasteiger partial charge in [-0.15, -0.1) is 0 Å². The van der Waals surface area contributed by atoms with Crippen molar-refractivity contribution in [3.05, 3.63) is 42.5 Å². The average Bonchev–Trinajstić information content (AvgIpc) is 2.36. The topological polar surface area (TPSA) is 58.2 Å². The number of carbonyl (C=O) groups excluding carboxylic acids is 2. The van der Waals surface area contributed by atoms with E-state index in [1.54, 1.807) is 0 Å². The van der Waals surface area contributed by atoms with Crippen LogP contribution in [0.5, 0.6) is 0 Å². The Kier molecular flexibility index (Phi) is 4.47. The molecule has 0 aromatic heterocycles. The van der Waals surface area contributed by atoms with E-state index in [0.717, 1.165) is 30.8 Å². The maximum atomic E-state index is 11.7. The number of benzene rings is 1. The number of anilines is 1. The number of nitrogens with one attached hydrogen (secondary N) is 2. The molecule has 1 saturated heterocycles. The molecule has 1 aromatic carbocycles. The molecular formula is C15H18N2O2. The summed E-state index contributed by atoms with van der Waals surface area (Å²) in [5.41, 5.74) is 1.85. The van der Waals surface area contributed by atoms with E-state index in [1.165, 1.54) is 6.08 Å². The molecule has 1 heterocycles. The number of rotatable bonds is 6. The van der Waals surface area contributed by atoms with Gasteiger partial charge in [-0.25, -0.2) is 0 Å². The molecule has 2 rings (SSSR count). The van der Waals surface area contributed by atoms with Gasteiger partial charge in [0, 0.05) is 31.1 Å². The second kappa shape index (κ2) is 6.29. The highest BCUT2D eigenvalue weighted by Gasteiger charge is 2.23. The fraction of sp³-hybridized carbons (Fsp3) is 0.333. The van der Waals surface area contributed by atoms with Crippen molar-refractivity contribution >= 4 is 17.4 Å². The van der Waals surface area contributed by atoms with Crippen molar-refractivity contribution in [2.45, 2.75) is 12.8 Å². The summed E-state index contributed by atoms with van der Waals surface area (Å²) in [6, 6.07) is 7.55. The van der Waals surface area contributed by atoms with Gasteiger partial charge in [0.05, 0.1) is 0 Å². The lowest BCUT2D eigenvalue weighted by Gasteiger charge is -2.25. The molecule has 0 atom stereocenters. The summed E-state index contributed by atoms with van der Waals surface area (Å²) >= 11 is 0. The lowest BCUT2D eigenvalue weighted by molar-refractivity contribution is -0.124. The maximum Gasteiger partial charge on any atom is 0.247 e. The summed E-state index contributed by atoms with van der Waals surface area (Å²) in [6.07, 6.45) is 2.58. The van der Waals surface area contributed by atoms with Crippen molar-refractivity contribution in [1.29, 1.82) is 0 Å². The first kappa shape index (κ1) is 13.5. The fourth-order valence-corrected chi connectivity index (χ4v) is 1.94. The Labute approximate surface area is 112 Å². The summed E-state index contributed by atoms with van der Waals surface area (Å²) in [5.74, 6) is 0.328. The third-order valence-electron chi connectivity index (χ3n) is 3.30. The molecule has 1 aliphatic rings. The SMILES string of the molecule is C=CC(=O)Nc1ccc(CCC(=O)C2CNC2)cc1. The van der Waals surface area contributed by atoms with Crippen LogP contribution in [0.3, 0.4) is 0 Å². The van der Waals surface area contributed by atoms with Crippen LogP contribution in [0, 0.1) is 5.92 Å². The Morgan fingerprint density at radius 2 is 2.00 bits per heavy atom. The van der Waals surface area contributed by atoms with Crippen LogP contribution in [0.25, 0.3) is 0 Å². The molecule has 0 unspecified atom stereocenters. The molecule has 0 radical (unpaired) electrons. The van der Waals surface area contributed by atoms with E-state index in [9.17, 15) is 9.59 Å². The monoisotopic (exact) mass is 258 g/mol. The molecule has 2 N–H and O–H groups in total. The Morgan fingerprint density at radius 3 is 2.53 bits per heavy atom. The summed E-state index contributed by atoms with van der Waals surface area (Å²) in [5, 5.41) is 5.79. The molecule has 100 valence electrons. The van der Waals surface area contributed by atoms with E-state index >= 15 is 0 Å². The van der Waals surface area contributed by atoms with Crippen LogP contribution in [-0.4, -0.2) is 24.8 Å². The number of aryl methyl sites for hydroxylation is 1. The summed E-state index contributed by atoms with van der Waals surface area (Å²) < 4.78 is 0. The van der Waals surface area contributed by atoms with Crippen LogP contribution >= 0.6 is 0 Å². The van der Waals surface area contributed by atoms with E-state index < -0.39 is 0 Å². The van der Waals surface area contributed by atoms with Crippen LogP contribution in [0.1, 0.15) is 12.0 Å². The largest absolute Gasteiger partial charge is 0.323 e. The minimum Gasteiger partial charge on any atom is -0.323 e. The quantitative estimate of drug-likeness (QED) is 0.761. The molecular weight excluding hydrogens is 240 g/mol. The van der Waals surface area contributed by atoms with Crippen molar-refractivity contribution in [1.82, 2.24) is 5.32 Å². The molecule has 4 nitrogen and oxygen atoms in total. The minimum absolute atomic E-state index is 0.214. The van der Waals surface area contributed by atoms with Crippen LogP contribution in [0.2, 0.25) is 0 Å². The summed E-state index contributed by atoms with van der Waals surface area (Å²) in [6.45, 7) is 5.05. The lowest BCUT2D eigenvalue weighted by Crippen LogP contribution is -2.46. The average molecular weight is 258 g/mol. The first-order chi connectivity index (χ1) is 9.19. The van der Waals surface area contributed by atoms with Crippen molar-refractivity contribution in [2.24, 2.45) is 5.92 Å². The molecule has 0 spiro atoms. The van der Waals surface area contributed by atoms with Gasteiger partial charge in [0.1, 0.15) is 5.78 Å². The minimum atomic E-state index is -0.222. The Morgan fingerprint density at radius 1 is 1.32 bits per heavy atom. The highest BCUT2D eigenvalue weighted by molar-refractivity contribution is 5.98. The van der Waals surface area contributed by atoms with Gasteiger partial charge < -0.3 is 10.6 Å². The molecule has 0 aliphatic carbocycles. The number of Topliss-reactive ketones (excluding diaryl/α,β-unsaturated/α-hetero) is 1. The first-order valence-electron chi connectivity index (χ1n) is 6.45. The van der Waals surface area contributed by atoms with E-state index in [0.29, 0.717) is 12.2 Å². The normalized spacial score (nSPS) is 14.5. The van der Waals surface area contributed by atoms with E-state index in [4.69, 9.17) is 0 Å². The number of hydrogen-bond acceptors (Lipinski definition) is 3. The second-order valence-electron chi connectivity index (χ2n) is 4.71. The van der Waals surface area contributed by atoms with E-state index in [-0.39, 0.29) is 11.8 Å². The standard InChI is InChI=1S/C15H18N2O2/c1-2-15(19)17-13-6-3-11(4-7-13)5-8-14(18)12-9-16-10-12/h2-4,6-7,12,16H,1,5,8-10H2,(H,17,19). The zero-order chi connectivity index (χ0) is 13.7. The zero-order valence-corrected chi connectivity index (χ0v) is 10.8. The van der Waals surface area contributed by atoms with Crippen LogP contribution in [-0.2, 0) is 16.0 Å². The zero-order valence-electron chi connectivity index (χ0n) is 10.8. The summed E-state index contributed by atoms with van der Waals surface area (Å²) in [7, 11) is 0. The van der Waals surface area contributed by atoms with Gasteiger partial charge in [0.2, 0.25) is 5.91 Å². The van der Waals surface area contributed by atoms with Crippen LogP contribution in [0.4, 0.5) is 5.69 Å². The first-order valence-corrected chi connectivity index (χ1v) is 6.45. The molecule has 1 fully saturated rings. The number of hydrogen-bond donors (Lipinski definition) is 2. The molecule has 0 saturated carbocycles. The van der Waals surface area contributed by atoms with Crippen molar-refractivity contribution < 1.29 is 9.59 Å². The maximum absolute atomic E-state index is 11.7. The molecule has 19 heavy (non-hydrogen) atoms. The van der Waals surface area contributed by atoms with Crippen LogP contribution in [0.15, 0.2) is 36.9 Å². The Hall–Kier alpha value is -1.94. The number of ketones is 1. The van der Waals surface area contributed by atoms with Gasteiger partial charge in [-0.05, 0) is 30.2 Å². The fourth-order valence-electron chi connectivity index (χ4n) is 1.94. The van der Waals surface area contributed by atoms with Gasteiger partial charge in [-0.2, -0.15) is 0 Å². The van der Waals surface area contributed by atoms with Gasteiger partial charge in [-0.1, -0.05) is 18.7 Å². The highest BCUT2D eigenvalue weighted by Crippen LogP contribution is 2.13. The predicted octanol–water partition coefficient (Wildman–Crippen LogP) is 1.53. The Bertz CT molecular complexity index is 475. The third-order valence-corrected chi connectivity index (χ3v) is 3.30. The molecule has 1 aromatic rings. The Balaban J connectivity index is 1.82. The van der Waals surface area contributed by atoms with Crippen molar-refractivity contribution in [3.8, 4) is 0 Å². The van der Waals surface area contributed by atoms with Gasteiger partial charge in [-0.3, -0.25) is 9.59 Å². The second-order valence-corrected chi connectivity index (χ2v) is 4.71. The number of carbonyl (C=O) groups is 2. The molecule has 4 heteroatoms. The number of amides is 1. The van der Waals surface area contributed by atoms with Gasteiger partial charge >= 0.3 is 0 Å². The third kappa shape index (κ3) is 3.76. The lowest BCUT2D eigenvalue weighted by atomic mass is 9.93. The molecule has 1 aliphatic heterocycles. The van der Waals surface area contributed by atoms with Gasteiger partial charge in [0.25, 0.3) is 0 Å². The smallest absolute Gasteiger partial charge is 0.247 e. The molecule has 1 amide bonds. The van der Waals surface area contributed by atoms with E-state index in [1.807, 2.05) is 24.3 Å². The highest BCUT2D eigenvalue weighted by atomic mass is 16.1. The van der Waals surface area contributed by atoms with Crippen LogP contribution < -0.4 is 10.6 Å².